The van der Waals surface area contributed by atoms with Crippen LogP contribution < -0.4 is 10.6 Å². The van der Waals surface area contributed by atoms with E-state index in [1.165, 1.54) is 49.1 Å². The summed E-state index contributed by atoms with van der Waals surface area (Å²) < 4.78 is 4.79. The van der Waals surface area contributed by atoms with Crippen LogP contribution in [0.5, 0.6) is 0 Å². The molecular weight excluding hydrogens is 683 g/mol. The summed E-state index contributed by atoms with van der Waals surface area (Å²) in [6.45, 7) is 0. The van der Waals surface area contributed by atoms with Crippen LogP contribution >= 0.6 is 0 Å². The molecule has 3 aromatic heterocycles. The molecule has 5 nitrogen and oxygen atoms in total. The van der Waals surface area contributed by atoms with Gasteiger partial charge in [0.05, 0.1) is 16.6 Å². The fourth-order valence-electron chi connectivity index (χ4n) is 8.40. The van der Waals surface area contributed by atoms with Crippen molar-refractivity contribution in [1.29, 1.82) is 0 Å². The molecule has 0 amide bonds. The summed E-state index contributed by atoms with van der Waals surface area (Å²) in [6.07, 6.45) is 6.93. The molecule has 7 aromatic carbocycles. The van der Waals surface area contributed by atoms with Crippen molar-refractivity contribution in [3.63, 3.8) is 0 Å². The van der Waals surface area contributed by atoms with Crippen LogP contribution in [0.2, 0.25) is 0 Å². The summed E-state index contributed by atoms with van der Waals surface area (Å²) in [6, 6.07) is 62.1. The first-order valence-electron chi connectivity index (χ1n) is 19.2. The monoisotopic (exact) mass is 717 g/mol. The van der Waals surface area contributed by atoms with E-state index in [0.29, 0.717) is 17.5 Å². The Morgan fingerprint density at radius 1 is 0.339 bits per heavy atom. The first-order chi connectivity index (χ1) is 27.8. The zero-order chi connectivity index (χ0) is 37.0. The SMILES string of the molecule is C1=c2c(n(-c3cccc(-c4ccc5c(c4)c4ccccc4n5-c4cccc(-c5nc(-c6ccccc6)nc(-c6ccccc6)n5)c4)c3)c3ccccc23)=CCC1. The normalized spacial score (nSPS) is 12.4. The molecule has 0 atom stereocenters. The third kappa shape index (κ3) is 5.36. The van der Waals surface area contributed by atoms with Gasteiger partial charge in [0.25, 0.3) is 0 Å². The molecule has 0 unspecified atom stereocenters. The Morgan fingerprint density at radius 2 is 0.839 bits per heavy atom. The van der Waals surface area contributed by atoms with Crippen molar-refractivity contribution < 1.29 is 0 Å². The zero-order valence-corrected chi connectivity index (χ0v) is 30.5. The summed E-state index contributed by atoms with van der Waals surface area (Å²) in [4.78, 5) is 14.9. The Labute approximate surface area is 323 Å². The largest absolute Gasteiger partial charge is 0.310 e. The van der Waals surface area contributed by atoms with Crippen LogP contribution in [0.15, 0.2) is 176 Å². The number of aromatic nitrogens is 5. The number of nitrogens with zero attached hydrogens (tertiary/aromatic N) is 5. The molecule has 0 N–H and O–H groups in total. The maximum Gasteiger partial charge on any atom is 0.164 e. The van der Waals surface area contributed by atoms with E-state index in [2.05, 4.69) is 137 Å². The molecule has 1 aliphatic rings. The molecule has 5 heteroatoms. The second kappa shape index (κ2) is 13.2. The Hall–Kier alpha value is -7.37. The second-order valence-electron chi connectivity index (χ2n) is 14.4. The molecule has 264 valence electrons. The van der Waals surface area contributed by atoms with E-state index >= 15 is 0 Å². The van der Waals surface area contributed by atoms with E-state index in [1.807, 2.05) is 60.7 Å². The van der Waals surface area contributed by atoms with Crippen LogP contribution in [-0.2, 0) is 0 Å². The van der Waals surface area contributed by atoms with Crippen LogP contribution in [0.3, 0.4) is 0 Å². The molecular formula is C51H35N5. The molecule has 0 bridgehead atoms. The highest BCUT2D eigenvalue weighted by Crippen LogP contribution is 2.36. The summed E-state index contributed by atoms with van der Waals surface area (Å²) in [5, 5.41) is 6.36. The Bertz CT molecular complexity index is 3190. The minimum atomic E-state index is 0.634. The van der Waals surface area contributed by atoms with E-state index in [1.54, 1.807) is 0 Å². The molecule has 1 aliphatic carbocycles. The summed E-state index contributed by atoms with van der Waals surface area (Å²) in [5.74, 6) is 1.93. The lowest BCUT2D eigenvalue weighted by molar-refractivity contribution is 1.02. The molecule has 11 rings (SSSR count). The first-order valence-corrected chi connectivity index (χ1v) is 19.2. The standard InChI is InChI=1S/C51H35N5/c1-3-15-34(16-4-1)49-52-50(35-17-5-2-6-18-35)54-51(53-49)38-20-14-22-40(32-38)56-47-28-12-9-25-43(47)44-33-37(29-30-48(44)56)36-19-13-21-39(31-36)55-45-26-10-7-23-41(45)42-24-8-11-27-46(42)55/h1-7,9-10,12-33H,8,11H2. The molecule has 10 aromatic rings. The molecule has 3 heterocycles. The molecule has 0 aliphatic heterocycles. The van der Waals surface area contributed by atoms with Gasteiger partial charge in [0.1, 0.15) is 0 Å². The lowest BCUT2D eigenvalue weighted by Gasteiger charge is -2.12. The molecule has 0 saturated carbocycles. The zero-order valence-electron chi connectivity index (χ0n) is 30.5. The number of rotatable bonds is 6. The predicted molar refractivity (Wildman–Crippen MR) is 230 cm³/mol. The number of hydrogen-bond acceptors (Lipinski definition) is 3. The van der Waals surface area contributed by atoms with Gasteiger partial charge in [0.2, 0.25) is 0 Å². The smallest absolute Gasteiger partial charge is 0.164 e. The van der Waals surface area contributed by atoms with Crippen LogP contribution in [0.4, 0.5) is 0 Å². The summed E-state index contributed by atoms with van der Waals surface area (Å²) in [5.41, 5.74) is 11.0. The van der Waals surface area contributed by atoms with Gasteiger partial charge in [-0.05, 0) is 72.5 Å². The maximum absolute atomic E-state index is 5.02. The van der Waals surface area contributed by atoms with Gasteiger partial charge >= 0.3 is 0 Å². The van der Waals surface area contributed by atoms with E-state index in [9.17, 15) is 0 Å². The van der Waals surface area contributed by atoms with Crippen molar-refractivity contribution in [1.82, 2.24) is 24.1 Å². The number of benzene rings is 7. The van der Waals surface area contributed by atoms with Crippen molar-refractivity contribution >= 4 is 44.9 Å². The van der Waals surface area contributed by atoms with Gasteiger partial charge in [0.15, 0.2) is 17.5 Å². The van der Waals surface area contributed by atoms with Gasteiger partial charge in [-0.2, -0.15) is 0 Å². The Morgan fingerprint density at radius 3 is 1.55 bits per heavy atom. The highest BCUT2D eigenvalue weighted by atomic mass is 15.0. The summed E-state index contributed by atoms with van der Waals surface area (Å²) >= 11 is 0. The van der Waals surface area contributed by atoms with Gasteiger partial charge in [-0.25, -0.2) is 15.0 Å². The highest BCUT2D eigenvalue weighted by Gasteiger charge is 2.17. The summed E-state index contributed by atoms with van der Waals surface area (Å²) in [7, 11) is 0. The van der Waals surface area contributed by atoms with Crippen molar-refractivity contribution in [2.75, 3.05) is 0 Å². The number of fused-ring (bicyclic) bond motifs is 6. The topological polar surface area (TPSA) is 48.5 Å². The van der Waals surface area contributed by atoms with Crippen LogP contribution in [0, 0.1) is 0 Å². The quantitative estimate of drug-likeness (QED) is 0.172. The van der Waals surface area contributed by atoms with Crippen molar-refractivity contribution in [2.45, 2.75) is 12.8 Å². The van der Waals surface area contributed by atoms with E-state index in [-0.39, 0.29) is 0 Å². The highest BCUT2D eigenvalue weighted by molar-refractivity contribution is 6.10. The van der Waals surface area contributed by atoms with Gasteiger partial charge in [-0.1, -0.05) is 140 Å². The van der Waals surface area contributed by atoms with Gasteiger partial charge in [-0.15, -0.1) is 0 Å². The molecule has 0 saturated heterocycles. The Balaban J connectivity index is 1.04. The Kier molecular flexibility index (Phi) is 7.56. The minimum absolute atomic E-state index is 0.634. The third-order valence-corrected chi connectivity index (χ3v) is 11.0. The lowest BCUT2D eigenvalue weighted by Crippen LogP contribution is -2.30. The molecule has 0 radical (unpaired) electrons. The molecule has 0 spiro atoms. The minimum Gasteiger partial charge on any atom is -0.310 e. The van der Waals surface area contributed by atoms with Crippen LogP contribution in [0.25, 0.3) is 102 Å². The van der Waals surface area contributed by atoms with E-state index < -0.39 is 0 Å². The lowest BCUT2D eigenvalue weighted by atomic mass is 10.0. The van der Waals surface area contributed by atoms with Crippen molar-refractivity contribution in [3.8, 4) is 56.7 Å². The van der Waals surface area contributed by atoms with Gasteiger partial charge < -0.3 is 9.13 Å². The van der Waals surface area contributed by atoms with E-state index in [0.717, 1.165) is 46.3 Å². The third-order valence-electron chi connectivity index (χ3n) is 11.0. The van der Waals surface area contributed by atoms with Crippen molar-refractivity contribution in [3.05, 3.63) is 186 Å². The average molecular weight is 718 g/mol. The fraction of sp³-hybridized carbons (Fsp3) is 0.0392. The molecule has 56 heavy (non-hydrogen) atoms. The van der Waals surface area contributed by atoms with E-state index in [4.69, 9.17) is 15.0 Å². The van der Waals surface area contributed by atoms with Gasteiger partial charge in [0, 0.05) is 54.8 Å². The average Bonchev–Trinajstić information content (AvgIpc) is 3.80. The van der Waals surface area contributed by atoms with Crippen LogP contribution in [0.1, 0.15) is 12.8 Å². The number of para-hydroxylation sites is 2. The maximum atomic E-state index is 5.02. The number of hydrogen-bond donors (Lipinski definition) is 0. The fourth-order valence-corrected chi connectivity index (χ4v) is 8.40. The van der Waals surface area contributed by atoms with Gasteiger partial charge in [-0.3, -0.25) is 0 Å². The van der Waals surface area contributed by atoms with Crippen molar-refractivity contribution in [2.24, 2.45) is 0 Å². The van der Waals surface area contributed by atoms with Crippen LogP contribution in [-0.4, -0.2) is 24.1 Å². The predicted octanol–water partition coefficient (Wildman–Crippen LogP) is 10.9. The first kappa shape index (κ1) is 32.1. The second-order valence-corrected chi connectivity index (χ2v) is 14.4. The molecule has 0 fully saturated rings.